The van der Waals surface area contributed by atoms with E-state index in [1.165, 1.54) is 7.11 Å². The first-order chi connectivity index (χ1) is 15.8. The predicted molar refractivity (Wildman–Crippen MR) is 140 cm³/mol. The van der Waals surface area contributed by atoms with Crippen LogP contribution in [0.4, 0.5) is 11.4 Å². The normalized spacial score (nSPS) is 13.5. The zero-order valence-corrected chi connectivity index (χ0v) is 21.6. The van der Waals surface area contributed by atoms with Gasteiger partial charge in [-0.05, 0) is 55.0 Å². The van der Waals surface area contributed by atoms with Gasteiger partial charge in [-0.3, -0.25) is 14.9 Å². The van der Waals surface area contributed by atoms with Gasteiger partial charge in [-0.25, -0.2) is 0 Å². The van der Waals surface area contributed by atoms with E-state index < -0.39 is 0 Å². The maximum absolute atomic E-state index is 12.6. The van der Waals surface area contributed by atoms with Gasteiger partial charge < -0.3 is 19.9 Å². The minimum absolute atomic E-state index is 0.147. The van der Waals surface area contributed by atoms with Crippen molar-refractivity contribution in [3.05, 3.63) is 51.5 Å². The van der Waals surface area contributed by atoms with Gasteiger partial charge >= 0.3 is 0 Å². The Labute approximate surface area is 212 Å². The molecule has 1 aliphatic heterocycles. The van der Waals surface area contributed by atoms with Gasteiger partial charge in [-0.1, -0.05) is 34.5 Å². The third-order valence-corrected chi connectivity index (χ3v) is 6.28. The summed E-state index contributed by atoms with van der Waals surface area (Å²) < 4.78 is 6.01. The van der Waals surface area contributed by atoms with Crippen LogP contribution in [0.25, 0.3) is 0 Å². The highest BCUT2D eigenvalue weighted by atomic mass is 79.9. The van der Waals surface area contributed by atoms with Crippen molar-refractivity contribution >= 4 is 68.1 Å². The number of hydrogen-bond acceptors (Lipinski definition) is 5. The van der Waals surface area contributed by atoms with E-state index in [2.05, 4.69) is 31.5 Å². The number of halogens is 2. The Bertz CT molecular complexity index is 1040. The van der Waals surface area contributed by atoms with E-state index >= 15 is 0 Å². The van der Waals surface area contributed by atoms with Crippen molar-refractivity contribution in [3.8, 4) is 5.75 Å². The molecule has 0 bridgehead atoms. The number of methoxy groups -OCH3 is 1. The van der Waals surface area contributed by atoms with Gasteiger partial charge in [0.1, 0.15) is 5.75 Å². The fraction of sp³-hybridized carbons (Fsp3) is 0.348. The van der Waals surface area contributed by atoms with E-state index in [9.17, 15) is 9.59 Å². The van der Waals surface area contributed by atoms with E-state index in [4.69, 9.17) is 28.6 Å². The number of hydrogen-bond donors (Lipinski definition) is 2. The molecule has 1 fully saturated rings. The van der Waals surface area contributed by atoms with Crippen LogP contribution in [0.15, 0.2) is 40.9 Å². The van der Waals surface area contributed by atoms with E-state index in [1.54, 1.807) is 24.3 Å². The molecule has 0 saturated carbocycles. The molecule has 0 radical (unpaired) electrons. The zero-order chi connectivity index (χ0) is 24.0. The lowest BCUT2D eigenvalue weighted by Crippen LogP contribution is -2.48. The summed E-state index contributed by atoms with van der Waals surface area (Å²) in [6.07, 6.45) is 1.45. The van der Waals surface area contributed by atoms with Crippen molar-refractivity contribution < 1.29 is 14.3 Å². The van der Waals surface area contributed by atoms with Gasteiger partial charge in [0.05, 0.1) is 23.4 Å². The second-order valence-corrected chi connectivity index (χ2v) is 9.27. The van der Waals surface area contributed by atoms with Gasteiger partial charge in [-0.2, -0.15) is 0 Å². The zero-order valence-electron chi connectivity index (χ0n) is 18.5. The highest BCUT2D eigenvalue weighted by Gasteiger charge is 2.22. The molecular weight excluding hydrogens is 528 g/mol. The standard InChI is InChI=1S/C23H26BrClN4O3S/c1-3-4-21(30)29-11-9-28(10-12-29)19-7-6-16(14-18(19)25)26-23(33)27-22(31)17-13-15(24)5-8-20(17)32-2/h5-8,13-14H,3-4,9-12H2,1-2H3,(H2,26,27,31,33). The van der Waals surface area contributed by atoms with Crippen LogP contribution in [0, 0.1) is 0 Å². The van der Waals surface area contributed by atoms with Crippen molar-refractivity contribution in [1.29, 1.82) is 0 Å². The highest BCUT2D eigenvalue weighted by Crippen LogP contribution is 2.30. The number of amides is 2. The fourth-order valence-corrected chi connectivity index (χ4v) is 4.47. The number of benzene rings is 2. The molecule has 10 heteroatoms. The van der Waals surface area contributed by atoms with Gasteiger partial charge in [-0.15, -0.1) is 0 Å². The number of carbonyl (C=O) groups is 2. The number of carbonyl (C=O) groups excluding carboxylic acids is 2. The molecule has 3 rings (SSSR count). The highest BCUT2D eigenvalue weighted by molar-refractivity contribution is 9.10. The SMILES string of the molecule is CCCC(=O)N1CCN(c2ccc(NC(=S)NC(=O)c3cc(Br)ccc3OC)cc2Cl)CC1. The number of nitrogens with one attached hydrogen (secondary N) is 2. The topological polar surface area (TPSA) is 73.9 Å². The summed E-state index contributed by atoms with van der Waals surface area (Å²) in [6, 6.07) is 10.7. The maximum atomic E-state index is 12.6. The summed E-state index contributed by atoms with van der Waals surface area (Å²) in [5.74, 6) is 0.269. The largest absolute Gasteiger partial charge is 0.496 e. The third-order valence-electron chi connectivity index (χ3n) is 5.28. The van der Waals surface area contributed by atoms with E-state index in [-0.39, 0.29) is 16.9 Å². The Kier molecular flexibility index (Phi) is 8.94. The van der Waals surface area contributed by atoms with E-state index in [1.807, 2.05) is 24.0 Å². The third kappa shape index (κ3) is 6.59. The molecule has 7 nitrogen and oxygen atoms in total. The first kappa shape index (κ1) is 25.3. The molecule has 176 valence electrons. The molecule has 0 atom stereocenters. The first-order valence-electron chi connectivity index (χ1n) is 10.6. The fourth-order valence-electron chi connectivity index (χ4n) is 3.60. The van der Waals surface area contributed by atoms with Crippen LogP contribution in [0.2, 0.25) is 5.02 Å². The summed E-state index contributed by atoms with van der Waals surface area (Å²) in [5.41, 5.74) is 1.92. The predicted octanol–water partition coefficient (Wildman–Crippen LogP) is 4.69. The number of ether oxygens (including phenoxy) is 1. The molecule has 1 saturated heterocycles. The van der Waals surface area contributed by atoms with E-state index in [0.29, 0.717) is 41.5 Å². The van der Waals surface area contributed by atoms with Crippen molar-refractivity contribution in [1.82, 2.24) is 10.2 Å². The average Bonchev–Trinajstić information content (AvgIpc) is 2.79. The average molecular weight is 554 g/mol. The molecule has 0 aliphatic carbocycles. The number of anilines is 2. The molecule has 2 amide bonds. The van der Waals surface area contributed by atoms with Gasteiger partial charge in [0.15, 0.2) is 5.11 Å². The minimum Gasteiger partial charge on any atom is -0.496 e. The smallest absolute Gasteiger partial charge is 0.261 e. The van der Waals surface area contributed by atoms with Crippen LogP contribution in [0.1, 0.15) is 30.1 Å². The summed E-state index contributed by atoms with van der Waals surface area (Å²) in [6.45, 7) is 4.84. The molecule has 2 aromatic rings. The Morgan fingerprint density at radius 1 is 1.15 bits per heavy atom. The van der Waals surface area contributed by atoms with Gasteiger partial charge in [0, 0.05) is 42.8 Å². The molecule has 1 heterocycles. The Balaban J connectivity index is 1.59. The van der Waals surface area contributed by atoms with Gasteiger partial charge in [0.2, 0.25) is 5.91 Å². The van der Waals surface area contributed by atoms with Crippen LogP contribution in [-0.4, -0.2) is 55.1 Å². The summed E-state index contributed by atoms with van der Waals surface area (Å²) in [4.78, 5) is 28.8. The van der Waals surface area contributed by atoms with Gasteiger partial charge in [0.25, 0.3) is 5.91 Å². The summed E-state index contributed by atoms with van der Waals surface area (Å²) >= 11 is 15.2. The second kappa shape index (κ2) is 11.7. The Morgan fingerprint density at radius 2 is 1.88 bits per heavy atom. The van der Waals surface area contributed by atoms with Crippen molar-refractivity contribution in [2.24, 2.45) is 0 Å². The number of rotatable bonds is 6. The van der Waals surface area contributed by atoms with Crippen LogP contribution in [0.3, 0.4) is 0 Å². The molecule has 2 aromatic carbocycles. The monoisotopic (exact) mass is 552 g/mol. The van der Waals surface area contributed by atoms with Crippen molar-refractivity contribution in [3.63, 3.8) is 0 Å². The lowest BCUT2D eigenvalue weighted by Gasteiger charge is -2.36. The molecule has 0 spiro atoms. The Morgan fingerprint density at radius 3 is 2.52 bits per heavy atom. The second-order valence-electron chi connectivity index (χ2n) is 7.54. The minimum atomic E-state index is -0.385. The molecular formula is C23H26BrClN4O3S. The van der Waals surface area contributed by atoms with Crippen LogP contribution in [-0.2, 0) is 4.79 Å². The lowest BCUT2D eigenvalue weighted by atomic mass is 10.2. The summed E-state index contributed by atoms with van der Waals surface area (Å²) in [5, 5.41) is 6.37. The molecule has 1 aliphatic rings. The van der Waals surface area contributed by atoms with Crippen molar-refractivity contribution in [2.75, 3.05) is 43.5 Å². The van der Waals surface area contributed by atoms with Crippen LogP contribution >= 0.6 is 39.7 Å². The first-order valence-corrected chi connectivity index (χ1v) is 12.2. The summed E-state index contributed by atoms with van der Waals surface area (Å²) in [7, 11) is 1.50. The quantitative estimate of drug-likeness (QED) is 0.506. The molecule has 2 N–H and O–H groups in total. The number of thiocarbonyl (C=S) groups is 1. The van der Waals surface area contributed by atoms with Crippen LogP contribution < -0.4 is 20.3 Å². The Hall–Kier alpha value is -2.36. The molecule has 0 unspecified atom stereocenters. The number of nitrogens with zero attached hydrogens (tertiary/aromatic N) is 2. The molecule has 33 heavy (non-hydrogen) atoms. The molecule has 0 aromatic heterocycles. The van der Waals surface area contributed by atoms with Crippen molar-refractivity contribution in [2.45, 2.75) is 19.8 Å². The van der Waals surface area contributed by atoms with E-state index in [0.717, 1.165) is 29.7 Å². The van der Waals surface area contributed by atoms with Crippen LogP contribution in [0.5, 0.6) is 5.75 Å². The lowest BCUT2D eigenvalue weighted by molar-refractivity contribution is -0.131. The number of piperazine rings is 1. The maximum Gasteiger partial charge on any atom is 0.261 e.